The van der Waals surface area contributed by atoms with Gasteiger partial charge in [0.15, 0.2) is 0 Å². The van der Waals surface area contributed by atoms with Gasteiger partial charge >= 0.3 is 0 Å². The third-order valence-corrected chi connectivity index (χ3v) is 1.30. The van der Waals surface area contributed by atoms with Gasteiger partial charge in [-0.3, -0.25) is 0 Å². The van der Waals surface area contributed by atoms with Gasteiger partial charge in [0.2, 0.25) is 0 Å². The Morgan fingerprint density at radius 2 is 1.89 bits per heavy atom. The van der Waals surface area contributed by atoms with Crippen molar-refractivity contribution in [2.24, 2.45) is 0 Å². The molecule has 0 aliphatic carbocycles. The molecule has 0 aliphatic heterocycles. The minimum atomic E-state index is 0.468. The molecule has 1 heteroatoms. The summed E-state index contributed by atoms with van der Waals surface area (Å²) in [4.78, 5) is 0. The van der Waals surface area contributed by atoms with E-state index in [1.807, 2.05) is 0 Å². The zero-order chi connectivity index (χ0) is 7.11. The number of hydrogen-bond acceptors (Lipinski definition) is 1. The van der Waals surface area contributed by atoms with Crippen LogP contribution in [0.25, 0.3) is 0 Å². The lowest BCUT2D eigenvalue weighted by atomic mass is 10.2. The van der Waals surface area contributed by atoms with Gasteiger partial charge in [-0.05, 0) is 19.8 Å². The maximum Gasteiger partial charge on any atom is 0.0546 e. The normalized spacial score (nSPS) is 13.7. The molecule has 0 N–H and O–H groups in total. The summed E-state index contributed by atoms with van der Waals surface area (Å²) in [5.41, 5.74) is 0. The summed E-state index contributed by atoms with van der Waals surface area (Å²) in [6.45, 7) is 7.38. The zero-order valence-electron chi connectivity index (χ0n) is 6.81. The first-order valence-corrected chi connectivity index (χ1v) is 3.92. The van der Waals surface area contributed by atoms with Crippen LogP contribution < -0.4 is 0 Å². The van der Waals surface area contributed by atoms with Gasteiger partial charge in [-0.2, -0.15) is 0 Å². The van der Waals surface area contributed by atoms with Gasteiger partial charge in [-0.25, -0.2) is 0 Å². The standard InChI is InChI=1S/C8H18O/c1-4-6-8(3)9-7-5-2/h8H,4-7H2,1-3H3/t8-/m0/s1. The monoisotopic (exact) mass is 130 g/mol. The maximum absolute atomic E-state index is 5.43. The van der Waals surface area contributed by atoms with Crippen LogP contribution in [0.4, 0.5) is 0 Å². The lowest BCUT2D eigenvalue weighted by Crippen LogP contribution is -2.07. The van der Waals surface area contributed by atoms with Gasteiger partial charge in [0.05, 0.1) is 6.10 Å². The smallest absolute Gasteiger partial charge is 0.0546 e. The van der Waals surface area contributed by atoms with Gasteiger partial charge in [-0.1, -0.05) is 20.3 Å². The van der Waals surface area contributed by atoms with Crippen LogP contribution in [0.3, 0.4) is 0 Å². The van der Waals surface area contributed by atoms with E-state index in [1.54, 1.807) is 0 Å². The van der Waals surface area contributed by atoms with Crippen molar-refractivity contribution in [3.8, 4) is 0 Å². The Balaban J connectivity index is 2.95. The summed E-state index contributed by atoms with van der Waals surface area (Å²) in [6, 6.07) is 0. The fourth-order valence-electron chi connectivity index (χ4n) is 0.809. The molecule has 0 spiro atoms. The van der Waals surface area contributed by atoms with Gasteiger partial charge < -0.3 is 4.74 Å². The molecule has 0 saturated heterocycles. The minimum absolute atomic E-state index is 0.468. The van der Waals surface area contributed by atoms with Gasteiger partial charge in [0, 0.05) is 6.61 Å². The highest BCUT2D eigenvalue weighted by molar-refractivity contribution is 4.46. The van der Waals surface area contributed by atoms with E-state index >= 15 is 0 Å². The number of rotatable bonds is 5. The van der Waals surface area contributed by atoms with Gasteiger partial charge in [0.25, 0.3) is 0 Å². The molecule has 56 valence electrons. The first-order chi connectivity index (χ1) is 4.31. The SMILES string of the molecule is CCCO[C@@H](C)CCC. The Morgan fingerprint density at radius 1 is 1.22 bits per heavy atom. The molecule has 0 aromatic heterocycles. The lowest BCUT2D eigenvalue weighted by molar-refractivity contribution is 0.0603. The lowest BCUT2D eigenvalue weighted by Gasteiger charge is -2.09. The summed E-state index contributed by atoms with van der Waals surface area (Å²) in [5, 5.41) is 0. The molecule has 0 aliphatic rings. The van der Waals surface area contributed by atoms with Crippen molar-refractivity contribution in [3.05, 3.63) is 0 Å². The predicted molar refractivity (Wildman–Crippen MR) is 40.6 cm³/mol. The summed E-state index contributed by atoms with van der Waals surface area (Å²) in [6.07, 6.45) is 4.02. The molecular weight excluding hydrogens is 112 g/mol. The second-order valence-corrected chi connectivity index (χ2v) is 2.47. The van der Waals surface area contributed by atoms with Crippen LogP contribution in [0.1, 0.15) is 40.0 Å². The largest absolute Gasteiger partial charge is 0.379 e. The summed E-state index contributed by atoms with van der Waals surface area (Å²) in [5.74, 6) is 0. The molecule has 9 heavy (non-hydrogen) atoms. The van der Waals surface area contributed by atoms with E-state index in [1.165, 1.54) is 12.8 Å². The number of ether oxygens (including phenoxy) is 1. The molecule has 0 bridgehead atoms. The molecule has 0 unspecified atom stereocenters. The molecule has 0 heterocycles. The Kier molecular flexibility index (Phi) is 6.06. The van der Waals surface area contributed by atoms with Crippen molar-refractivity contribution in [1.82, 2.24) is 0 Å². The van der Waals surface area contributed by atoms with Crippen molar-refractivity contribution in [1.29, 1.82) is 0 Å². The maximum atomic E-state index is 5.43. The molecule has 0 aromatic rings. The van der Waals surface area contributed by atoms with Crippen molar-refractivity contribution in [2.75, 3.05) is 6.61 Å². The van der Waals surface area contributed by atoms with Gasteiger partial charge in [-0.15, -0.1) is 0 Å². The molecular formula is C8H18O. The summed E-state index contributed by atoms with van der Waals surface area (Å²) >= 11 is 0. The molecule has 1 nitrogen and oxygen atoms in total. The highest BCUT2D eigenvalue weighted by Gasteiger charge is 1.96. The highest BCUT2D eigenvalue weighted by atomic mass is 16.5. The highest BCUT2D eigenvalue weighted by Crippen LogP contribution is 2.00. The Morgan fingerprint density at radius 3 is 2.33 bits per heavy atom. The first kappa shape index (κ1) is 8.96. The Hall–Kier alpha value is -0.0400. The second-order valence-electron chi connectivity index (χ2n) is 2.47. The number of hydrogen-bond donors (Lipinski definition) is 0. The third-order valence-electron chi connectivity index (χ3n) is 1.30. The quantitative estimate of drug-likeness (QED) is 0.556. The third kappa shape index (κ3) is 5.84. The molecule has 0 saturated carbocycles. The van der Waals surface area contributed by atoms with Crippen LogP contribution in [0.5, 0.6) is 0 Å². The van der Waals surface area contributed by atoms with Crippen molar-refractivity contribution in [2.45, 2.75) is 46.1 Å². The molecule has 0 fully saturated rings. The van der Waals surface area contributed by atoms with Crippen molar-refractivity contribution < 1.29 is 4.74 Å². The molecule has 0 amide bonds. The minimum Gasteiger partial charge on any atom is -0.379 e. The second kappa shape index (κ2) is 6.09. The van der Waals surface area contributed by atoms with E-state index in [0.717, 1.165) is 13.0 Å². The van der Waals surface area contributed by atoms with Crippen molar-refractivity contribution in [3.63, 3.8) is 0 Å². The zero-order valence-corrected chi connectivity index (χ0v) is 6.81. The van der Waals surface area contributed by atoms with Crippen LogP contribution in [0, 0.1) is 0 Å². The molecule has 1 atom stereocenters. The van der Waals surface area contributed by atoms with Crippen LogP contribution in [-0.4, -0.2) is 12.7 Å². The molecule has 0 aromatic carbocycles. The van der Waals surface area contributed by atoms with Gasteiger partial charge in [0.1, 0.15) is 0 Å². The van der Waals surface area contributed by atoms with E-state index < -0.39 is 0 Å². The van der Waals surface area contributed by atoms with E-state index in [0.29, 0.717) is 6.10 Å². The fourth-order valence-corrected chi connectivity index (χ4v) is 0.809. The van der Waals surface area contributed by atoms with E-state index in [-0.39, 0.29) is 0 Å². The summed E-state index contributed by atoms with van der Waals surface area (Å²) in [7, 11) is 0. The topological polar surface area (TPSA) is 9.23 Å². The Bertz CT molecular complexity index is 52.5. The van der Waals surface area contributed by atoms with Crippen LogP contribution in [0.15, 0.2) is 0 Å². The van der Waals surface area contributed by atoms with E-state index in [4.69, 9.17) is 4.74 Å². The summed E-state index contributed by atoms with van der Waals surface area (Å²) < 4.78 is 5.43. The van der Waals surface area contributed by atoms with E-state index in [9.17, 15) is 0 Å². The average molecular weight is 130 g/mol. The van der Waals surface area contributed by atoms with E-state index in [2.05, 4.69) is 20.8 Å². The van der Waals surface area contributed by atoms with Crippen LogP contribution in [0.2, 0.25) is 0 Å². The van der Waals surface area contributed by atoms with Crippen molar-refractivity contribution >= 4 is 0 Å². The van der Waals surface area contributed by atoms with Crippen LogP contribution in [-0.2, 0) is 4.74 Å². The Labute approximate surface area is 58.4 Å². The predicted octanol–water partition coefficient (Wildman–Crippen LogP) is 2.60. The molecule has 0 rings (SSSR count). The first-order valence-electron chi connectivity index (χ1n) is 3.92. The molecule has 0 radical (unpaired) electrons. The van der Waals surface area contributed by atoms with Crippen LogP contribution >= 0.6 is 0 Å². The fraction of sp³-hybridized carbons (Fsp3) is 1.00. The average Bonchev–Trinajstić information content (AvgIpc) is 1.85.